The van der Waals surface area contributed by atoms with Crippen molar-refractivity contribution in [3.05, 3.63) is 39.3 Å². The maximum atomic E-state index is 12.7. The zero-order valence-corrected chi connectivity index (χ0v) is 11.5. The van der Waals surface area contributed by atoms with E-state index in [1.807, 2.05) is 0 Å². The normalized spacial score (nSPS) is 16.1. The lowest BCUT2D eigenvalue weighted by Gasteiger charge is -2.15. The fourth-order valence-corrected chi connectivity index (χ4v) is 2.31. The summed E-state index contributed by atoms with van der Waals surface area (Å²) in [7, 11) is 0.900. The number of halogens is 3. The van der Waals surface area contributed by atoms with Crippen LogP contribution < -0.4 is 5.56 Å². The number of carbonyl (C=O) groups is 2. The van der Waals surface area contributed by atoms with E-state index in [0.29, 0.717) is 17.1 Å². The van der Waals surface area contributed by atoms with E-state index in [1.54, 1.807) is 0 Å². The highest BCUT2D eigenvalue weighted by atomic mass is 19.4. The van der Waals surface area contributed by atoms with E-state index in [9.17, 15) is 32.7 Å². The Morgan fingerprint density at radius 1 is 1.14 bits per heavy atom. The maximum absolute atomic E-state index is 12.7. The fraction of sp³-hybridized carbons (Fsp3) is 0.357. The monoisotopic (exact) mass is 315 g/mol. The van der Waals surface area contributed by atoms with E-state index >= 15 is 0 Å². The molecule has 0 radical (unpaired) electrons. The Labute approximate surface area is 122 Å². The molecule has 1 aromatic heterocycles. The maximum Gasteiger partial charge on any atom is 0.431 e. The molecule has 22 heavy (non-hydrogen) atoms. The zero-order chi connectivity index (χ0) is 16.7. The first-order valence-corrected chi connectivity index (χ1v) is 6.42. The molecule has 1 saturated carbocycles. The lowest BCUT2D eigenvalue weighted by Crippen LogP contribution is -2.29. The SMILES string of the molecule is Cn1c(C(F)(F)F)ccc(C(O)=C2C(=O)CCCC2=O)c1=O. The molecule has 0 spiro atoms. The smallest absolute Gasteiger partial charge is 0.431 e. The highest BCUT2D eigenvalue weighted by Gasteiger charge is 2.35. The van der Waals surface area contributed by atoms with Crippen LogP contribution >= 0.6 is 0 Å². The summed E-state index contributed by atoms with van der Waals surface area (Å²) in [6.07, 6.45) is -4.29. The molecule has 0 bridgehead atoms. The van der Waals surface area contributed by atoms with Crippen LogP contribution in [0.25, 0.3) is 5.76 Å². The number of carbonyl (C=O) groups excluding carboxylic acids is 2. The molecule has 118 valence electrons. The molecule has 1 N–H and O–H groups in total. The molecule has 1 aliphatic carbocycles. The molecule has 5 nitrogen and oxygen atoms in total. The van der Waals surface area contributed by atoms with Gasteiger partial charge in [0.15, 0.2) is 11.6 Å². The number of rotatable bonds is 1. The van der Waals surface area contributed by atoms with E-state index in [0.717, 1.165) is 13.1 Å². The fourth-order valence-electron chi connectivity index (χ4n) is 2.31. The van der Waals surface area contributed by atoms with Gasteiger partial charge in [0.2, 0.25) is 0 Å². The average Bonchev–Trinajstić information content (AvgIpc) is 2.40. The minimum absolute atomic E-state index is 0.0477. The largest absolute Gasteiger partial charge is 0.506 e. The second-order valence-corrected chi connectivity index (χ2v) is 4.92. The van der Waals surface area contributed by atoms with Crippen molar-refractivity contribution in [3.8, 4) is 0 Å². The lowest BCUT2D eigenvalue weighted by atomic mass is 9.90. The highest BCUT2D eigenvalue weighted by molar-refractivity contribution is 6.25. The number of pyridine rings is 1. The summed E-state index contributed by atoms with van der Waals surface area (Å²) in [6.45, 7) is 0. The van der Waals surface area contributed by atoms with Gasteiger partial charge in [-0.1, -0.05) is 0 Å². The summed E-state index contributed by atoms with van der Waals surface area (Å²) in [5.74, 6) is -2.09. The first kappa shape index (κ1) is 16.0. The molecule has 0 atom stereocenters. The van der Waals surface area contributed by atoms with Crippen LogP contribution in [0, 0.1) is 0 Å². The van der Waals surface area contributed by atoms with E-state index in [2.05, 4.69) is 0 Å². The number of allylic oxidation sites excluding steroid dienone is 1. The van der Waals surface area contributed by atoms with Gasteiger partial charge >= 0.3 is 6.18 Å². The number of aliphatic hydroxyl groups is 1. The van der Waals surface area contributed by atoms with Crippen molar-refractivity contribution in [2.45, 2.75) is 25.4 Å². The summed E-state index contributed by atoms with van der Waals surface area (Å²) < 4.78 is 38.4. The Kier molecular flexibility index (Phi) is 3.95. The third-order valence-corrected chi connectivity index (χ3v) is 3.45. The molecule has 0 aromatic carbocycles. The Balaban J connectivity index is 2.64. The van der Waals surface area contributed by atoms with E-state index < -0.39 is 45.9 Å². The van der Waals surface area contributed by atoms with Gasteiger partial charge in [0, 0.05) is 19.9 Å². The van der Waals surface area contributed by atoms with Crippen LogP contribution in [-0.2, 0) is 22.8 Å². The molecule has 0 saturated heterocycles. The lowest BCUT2D eigenvalue weighted by molar-refractivity contribution is -0.143. The average molecular weight is 315 g/mol. The van der Waals surface area contributed by atoms with Crippen molar-refractivity contribution in [1.82, 2.24) is 4.57 Å². The molecule has 2 rings (SSSR count). The summed E-state index contributed by atoms with van der Waals surface area (Å²) in [4.78, 5) is 35.4. The Bertz CT molecular complexity index is 725. The molecule has 8 heteroatoms. The quantitative estimate of drug-likeness (QED) is 0.488. The standard InChI is InChI=1S/C14H12F3NO4/c1-18-10(14(15,16)17)6-5-7(13(18)22)12(21)11-8(19)3-2-4-9(11)20/h5-6,21H,2-4H2,1H3. The molecule has 1 fully saturated rings. The first-order chi connectivity index (χ1) is 10.1. The van der Waals surface area contributed by atoms with Crippen molar-refractivity contribution in [1.29, 1.82) is 0 Å². The van der Waals surface area contributed by atoms with Gasteiger partial charge in [-0.25, -0.2) is 0 Å². The Hall–Kier alpha value is -2.38. The third-order valence-electron chi connectivity index (χ3n) is 3.45. The number of ketones is 2. The van der Waals surface area contributed by atoms with E-state index in [4.69, 9.17) is 0 Å². The van der Waals surface area contributed by atoms with Gasteiger partial charge < -0.3 is 9.67 Å². The summed E-state index contributed by atoms with van der Waals surface area (Å²) >= 11 is 0. The number of Topliss-reactive ketones (excluding diaryl/α,β-unsaturated/α-hetero) is 2. The van der Waals surface area contributed by atoms with Crippen molar-refractivity contribution in [3.63, 3.8) is 0 Å². The summed E-state index contributed by atoms with van der Waals surface area (Å²) in [5, 5.41) is 10.0. The molecule has 1 aromatic rings. The van der Waals surface area contributed by atoms with Gasteiger partial charge in [-0.05, 0) is 18.6 Å². The van der Waals surface area contributed by atoms with Crippen molar-refractivity contribution in [2.75, 3.05) is 0 Å². The Morgan fingerprint density at radius 2 is 1.68 bits per heavy atom. The van der Waals surface area contributed by atoms with Crippen LogP contribution in [-0.4, -0.2) is 21.2 Å². The van der Waals surface area contributed by atoms with Crippen LogP contribution in [0.15, 0.2) is 22.5 Å². The minimum Gasteiger partial charge on any atom is -0.506 e. The summed E-state index contributed by atoms with van der Waals surface area (Å²) in [5.41, 5.74) is -3.34. The van der Waals surface area contributed by atoms with Gasteiger partial charge in [-0.2, -0.15) is 13.2 Å². The number of hydrogen-bond acceptors (Lipinski definition) is 4. The number of hydrogen-bond donors (Lipinski definition) is 1. The minimum atomic E-state index is -4.73. The second kappa shape index (κ2) is 5.43. The topological polar surface area (TPSA) is 76.4 Å². The highest BCUT2D eigenvalue weighted by Crippen LogP contribution is 2.29. The van der Waals surface area contributed by atoms with Gasteiger partial charge in [-0.15, -0.1) is 0 Å². The van der Waals surface area contributed by atoms with Gasteiger partial charge in [0.25, 0.3) is 5.56 Å². The van der Waals surface area contributed by atoms with Gasteiger partial charge in [-0.3, -0.25) is 14.4 Å². The number of aromatic nitrogens is 1. The number of alkyl halides is 3. The van der Waals surface area contributed by atoms with Crippen LogP contribution in [0.5, 0.6) is 0 Å². The van der Waals surface area contributed by atoms with Gasteiger partial charge in [0.1, 0.15) is 17.0 Å². The van der Waals surface area contributed by atoms with E-state index in [1.165, 1.54) is 0 Å². The molecule has 1 aliphatic rings. The van der Waals surface area contributed by atoms with Crippen molar-refractivity contribution >= 4 is 17.3 Å². The Morgan fingerprint density at radius 3 is 2.18 bits per heavy atom. The van der Waals surface area contributed by atoms with Crippen LogP contribution in [0.3, 0.4) is 0 Å². The van der Waals surface area contributed by atoms with Crippen molar-refractivity contribution in [2.24, 2.45) is 7.05 Å². The molecule has 1 heterocycles. The van der Waals surface area contributed by atoms with Crippen LogP contribution in [0.2, 0.25) is 0 Å². The predicted octanol–water partition coefficient (Wildman–Crippen LogP) is 2.00. The number of aliphatic hydroxyl groups excluding tert-OH is 1. The second-order valence-electron chi connectivity index (χ2n) is 4.92. The van der Waals surface area contributed by atoms with Crippen molar-refractivity contribution < 1.29 is 27.9 Å². The predicted molar refractivity (Wildman–Crippen MR) is 70.1 cm³/mol. The molecule has 0 unspecified atom stereocenters. The third kappa shape index (κ3) is 2.68. The van der Waals surface area contributed by atoms with Crippen LogP contribution in [0.4, 0.5) is 13.2 Å². The first-order valence-electron chi connectivity index (χ1n) is 6.42. The zero-order valence-electron chi connectivity index (χ0n) is 11.5. The summed E-state index contributed by atoms with van der Waals surface area (Å²) in [6, 6.07) is 1.38. The molecule has 0 aliphatic heterocycles. The molecule has 0 amide bonds. The molecular formula is C14H12F3NO4. The van der Waals surface area contributed by atoms with Crippen LogP contribution in [0.1, 0.15) is 30.5 Å². The number of nitrogens with zero attached hydrogens (tertiary/aromatic N) is 1. The van der Waals surface area contributed by atoms with E-state index in [-0.39, 0.29) is 12.8 Å². The molecular weight excluding hydrogens is 303 g/mol. The van der Waals surface area contributed by atoms with Gasteiger partial charge in [0.05, 0.1) is 5.56 Å².